The molecule has 7 heteroatoms. The van der Waals surface area contributed by atoms with E-state index in [1.165, 1.54) is 4.90 Å². The van der Waals surface area contributed by atoms with Crippen LogP contribution < -0.4 is 16.4 Å². The van der Waals surface area contributed by atoms with Crippen LogP contribution in [0.2, 0.25) is 0 Å². The third-order valence-corrected chi connectivity index (χ3v) is 2.45. The molecule has 0 radical (unpaired) electrons. The number of quaternary nitrogens is 1. The lowest BCUT2D eigenvalue weighted by Gasteiger charge is -2.11. The molecule has 0 aliphatic heterocycles. The standard InChI is InChI=1S/C11H16N6O/c1-7-3-4-8(18-7)5-17(2)6-9-14-10(12)16-11(13)15-9/h3-4H,5-6H2,1-2H3,(H4,12,13,14,15,16)/p+1. The van der Waals surface area contributed by atoms with Gasteiger partial charge in [-0.05, 0) is 19.1 Å². The van der Waals surface area contributed by atoms with Gasteiger partial charge in [-0.3, -0.25) is 0 Å². The Morgan fingerprint density at radius 3 is 2.33 bits per heavy atom. The average molecular weight is 249 g/mol. The molecule has 0 aliphatic carbocycles. The van der Waals surface area contributed by atoms with Crippen LogP contribution in [-0.2, 0) is 13.1 Å². The minimum atomic E-state index is 0.152. The van der Waals surface area contributed by atoms with Gasteiger partial charge in [0.2, 0.25) is 11.9 Å². The molecule has 0 saturated carbocycles. The van der Waals surface area contributed by atoms with Crippen molar-refractivity contribution in [2.75, 3.05) is 18.5 Å². The number of hydrogen-bond donors (Lipinski definition) is 3. The molecule has 2 aromatic rings. The van der Waals surface area contributed by atoms with Crippen LogP contribution in [0.15, 0.2) is 16.5 Å². The molecule has 0 aliphatic rings. The number of anilines is 2. The van der Waals surface area contributed by atoms with E-state index in [-0.39, 0.29) is 11.9 Å². The van der Waals surface area contributed by atoms with Crippen LogP contribution in [-0.4, -0.2) is 22.0 Å². The maximum atomic E-state index is 5.52. The smallest absolute Gasteiger partial charge is 0.225 e. The minimum Gasteiger partial charge on any atom is -0.460 e. The van der Waals surface area contributed by atoms with Crippen molar-refractivity contribution in [3.05, 3.63) is 29.5 Å². The van der Waals surface area contributed by atoms with Crippen molar-refractivity contribution in [1.29, 1.82) is 0 Å². The molecule has 18 heavy (non-hydrogen) atoms. The Kier molecular flexibility index (Phi) is 3.42. The molecule has 0 fully saturated rings. The quantitative estimate of drug-likeness (QED) is 0.651. The monoisotopic (exact) mass is 249 g/mol. The number of furan rings is 1. The number of nitrogens with zero attached hydrogens (tertiary/aromatic N) is 3. The fraction of sp³-hybridized carbons (Fsp3) is 0.364. The molecule has 96 valence electrons. The second-order valence-electron chi connectivity index (χ2n) is 4.29. The predicted octanol–water partition coefficient (Wildman–Crippen LogP) is -0.848. The van der Waals surface area contributed by atoms with Crippen LogP contribution >= 0.6 is 0 Å². The van der Waals surface area contributed by atoms with Crippen molar-refractivity contribution >= 4 is 11.9 Å². The van der Waals surface area contributed by atoms with Crippen LogP contribution in [0.5, 0.6) is 0 Å². The Balaban J connectivity index is 2.00. The maximum Gasteiger partial charge on any atom is 0.225 e. The molecule has 7 nitrogen and oxygen atoms in total. The van der Waals surface area contributed by atoms with Crippen molar-refractivity contribution in [3.8, 4) is 0 Å². The molecule has 2 heterocycles. The lowest BCUT2D eigenvalue weighted by atomic mass is 10.4. The summed E-state index contributed by atoms with van der Waals surface area (Å²) in [6.07, 6.45) is 0. The van der Waals surface area contributed by atoms with Crippen molar-refractivity contribution in [3.63, 3.8) is 0 Å². The van der Waals surface area contributed by atoms with Gasteiger partial charge in [0.1, 0.15) is 18.8 Å². The number of nitrogens with one attached hydrogen (secondary N) is 1. The van der Waals surface area contributed by atoms with E-state index in [1.807, 2.05) is 26.1 Å². The average Bonchev–Trinajstić information content (AvgIpc) is 2.61. The molecule has 2 aromatic heterocycles. The Morgan fingerprint density at radius 2 is 1.78 bits per heavy atom. The Bertz CT molecular complexity index is 518. The van der Waals surface area contributed by atoms with E-state index in [9.17, 15) is 0 Å². The van der Waals surface area contributed by atoms with E-state index < -0.39 is 0 Å². The number of rotatable bonds is 4. The molecule has 5 N–H and O–H groups in total. The van der Waals surface area contributed by atoms with E-state index in [0.717, 1.165) is 18.1 Å². The SMILES string of the molecule is Cc1ccc(C[NH+](C)Cc2nc(N)nc(N)n2)o1. The number of hydrogen-bond acceptors (Lipinski definition) is 6. The van der Waals surface area contributed by atoms with Crippen molar-refractivity contribution < 1.29 is 9.32 Å². The lowest BCUT2D eigenvalue weighted by molar-refractivity contribution is -0.909. The molecule has 1 atom stereocenters. The summed E-state index contributed by atoms with van der Waals surface area (Å²) in [7, 11) is 2.02. The van der Waals surface area contributed by atoms with Crippen molar-refractivity contribution in [2.24, 2.45) is 0 Å². The first-order valence-corrected chi connectivity index (χ1v) is 5.65. The van der Waals surface area contributed by atoms with Gasteiger partial charge in [-0.15, -0.1) is 0 Å². The first-order chi connectivity index (χ1) is 8.52. The van der Waals surface area contributed by atoms with Gasteiger partial charge in [-0.25, -0.2) is 0 Å². The van der Waals surface area contributed by atoms with Gasteiger partial charge >= 0.3 is 0 Å². The van der Waals surface area contributed by atoms with Gasteiger partial charge in [-0.2, -0.15) is 15.0 Å². The Morgan fingerprint density at radius 1 is 1.11 bits per heavy atom. The highest BCUT2D eigenvalue weighted by atomic mass is 16.3. The topological polar surface area (TPSA) is 108 Å². The van der Waals surface area contributed by atoms with E-state index >= 15 is 0 Å². The zero-order valence-corrected chi connectivity index (χ0v) is 10.5. The van der Waals surface area contributed by atoms with Crippen LogP contribution in [0, 0.1) is 6.92 Å². The number of aryl methyl sites for hydroxylation is 1. The number of nitrogen functional groups attached to an aromatic ring is 2. The molecule has 0 bridgehead atoms. The third-order valence-electron chi connectivity index (χ3n) is 2.45. The Hall–Kier alpha value is -2.15. The van der Waals surface area contributed by atoms with E-state index in [2.05, 4.69) is 15.0 Å². The van der Waals surface area contributed by atoms with Gasteiger partial charge in [-0.1, -0.05) is 0 Å². The summed E-state index contributed by atoms with van der Waals surface area (Å²) in [5.74, 6) is 2.73. The number of aromatic nitrogens is 3. The largest absolute Gasteiger partial charge is 0.460 e. The molecule has 0 spiro atoms. The second-order valence-corrected chi connectivity index (χ2v) is 4.29. The van der Waals surface area contributed by atoms with Crippen LogP contribution in [0.4, 0.5) is 11.9 Å². The van der Waals surface area contributed by atoms with Gasteiger partial charge in [0.05, 0.1) is 7.05 Å². The predicted molar refractivity (Wildman–Crippen MR) is 66.4 cm³/mol. The zero-order valence-electron chi connectivity index (χ0n) is 10.5. The highest BCUT2D eigenvalue weighted by molar-refractivity contribution is 5.25. The van der Waals surface area contributed by atoms with Gasteiger partial charge in [0, 0.05) is 0 Å². The molecular formula is C11H17N6O+. The highest BCUT2D eigenvalue weighted by Crippen LogP contribution is 2.04. The number of nitrogens with two attached hydrogens (primary N) is 2. The first-order valence-electron chi connectivity index (χ1n) is 5.65. The van der Waals surface area contributed by atoms with Crippen LogP contribution in [0.1, 0.15) is 17.3 Å². The third kappa shape index (κ3) is 3.17. The van der Waals surface area contributed by atoms with Crippen molar-refractivity contribution in [2.45, 2.75) is 20.0 Å². The van der Waals surface area contributed by atoms with E-state index in [1.54, 1.807) is 0 Å². The molecule has 2 rings (SSSR count). The summed E-state index contributed by atoms with van der Waals surface area (Å²) in [5.41, 5.74) is 11.0. The fourth-order valence-electron chi connectivity index (χ4n) is 1.75. The maximum absolute atomic E-state index is 5.52. The van der Waals surface area contributed by atoms with Crippen molar-refractivity contribution in [1.82, 2.24) is 15.0 Å². The van der Waals surface area contributed by atoms with Gasteiger partial charge < -0.3 is 20.8 Å². The summed E-state index contributed by atoms with van der Waals surface area (Å²) >= 11 is 0. The molecule has 0 saturated heterocycles. The molecule has 0 aromatic carbocycles. The van der Waals surface area contributed by atoms with Crippen LogP contribution in [0.3, 0.4) is 0 Å². The van der Waals surface area contributed by atoms with Crippen LogP contribution in [0.25, 0.3) is 0 Å². The summed E-state index contributed by atoms with van der Waals surface area (Å²) in [5, 5.41) is 0. The highest BCUT2D eigenvalue weighted by Gasteiger charge is 2.11. The summed E-state index contributed by atoms with van der Waals surface area (Å²) in [6.45, 7) is 3.28. The van der Waals surface area contributed by atoms with E-state index in [0.29, 0.717) is 12.4 Å². The van der Waals surface area contributed by atoms with Gasteiger partial charge in [0.25, 0.3) is 0 Å². The normalized spacial score (nSPS) is 12.6. The fourth-order valence-corrected chi connectivity index (χ4v) is 1.75. The minimum absolute atomic E-state index is 0.152. The van der Waals surface area contributed by atoms with Gasteiger partial charge in [0.15, 0.2) is 11.6 Å². The Labute approximate surface area is 105 Å². The summed E-state index contributed by atoms with van der Waals surface area (Å²) in [6, 6.07) is 3.91. The van der Waals surface area contributed by atoms with E-state index in [4.69, 9.17) is 15.9 Å². The summed E-state index contributed by atoms with van der Waals surface area (Å²) < 4.78 is 5.52. The molecule has 0 amide bonds. The lowest BCUT2D eigenvalue weighted by Crippen LogP contribution is -3.06. The molecule has 1 unspecified atom stereocenters. The molecular weight excluding hydrogens is 232 g/mol. The zero-order chi connectivity index (χ0) is 13.1. The second kappa shape index (κ2) is 5.01. The summed E-state index contributed by atoms with van der Waals surface area (Å²) in [4.78, 5) is 13.0. The first kappa shape index (κ1) is 12.3.